The molecule has 0 saturated heterocycles. The van der Waals surface area contributed by atoms with Gasteiger partial charge in [0.1, 0.15) is 12.2 Å². The summed E-state index contributed by atoms with van der Waals surface area (Å²) >= 11 is 0. The van der Waals surface area contributed by atoms with Crippen LogP contribution >= 0.6 is 0 Å². The Balaban J connectivity index is 1.96. The Morgan fingerprint density at radius 3 is 2.78 bits per heavy atom. The first-order chi connectivity index (χ1) is 12.8. The summed E-state index contributed by atoms with van der Waals surface area (Å²) in [6, 6.07) is 0. The molecule has 10 nitrogen and oxygen atoms in total. The molecule has 0 saturated carbocycles. The zero-order valence-corrected chi connectivity index (χ0v) is 16.8. The number of aliphatic imine (C=N–C) groups is 1. The van der Waals surface area contributed by atoms with E-state index < -0.39 is 0 Å². The predicted octanol–water partition coefficient (Wildman–Crippen LogP) is 0.515. The molecule has 0 radical (unpaired) electrons. The molecule has 2 rings (SSSR count). The van der Waals surface area contributed by atoms with Gasteiger partial charge in [0, 0.05) is 39.4 Å². The van der Waals surface area contributed by atoms with Crippen molar-refractivity contribution in [1.82, 2.24) is 35.0 Å². The van der Waals surface area contributed by atoms with Gasteiger partial charge in [0.05, 0.1) is 25.5 Å². The molecule has 27 heavy (non-hydrogen) atoms. The van der Waals surface area contributed by atoms with Gasteiger partial charge < -0.3 is 15.0 Å². The third kappa shape index (κ3) is 5.53. The van der Waals surface area contributed by atoms with Gasteiger partial charge in [0.2, 0.25) is 0 Å². The summed E-state index contributed by atoms with van der Waals surface area (Å²) in [7, 11) is 6.98. The highest BCUT2D eigenvalue weighted by molar-refractivity contribution is 5.79. The number of esters is 1. The summed E-state index contributed by atoms with van der Waals surface area (Å²) in [6.45, 7) is 5.45. The third-order valence-electron chi connectivity index (χ3n) is 4.00. The van der Waals surface area contributed by atoms with Crippen molar-refractivity contribution in [3.63, 3.8) is 0 Å². The third-order valence-corrected chi connectivity index (χ3v) is 4.00. The summed E-state index contributed by atoms with van der Waals surface area (Å²) in [6.07, 6.45) is 3.74. The van der Waals surface area contributed by atoms with Crippen LogP contribution in [0, 0.1) is 0 Å². The number of hydrogen-bond donors (Lipinski definition) is 1. The number of carbonyl (C=O) groups excluding carboxylic acids is 1. The fourth-order valence-electron chi connectivity index (χ4n) is 2.74. The van der Waals surface area contributed by atoms with Crippen LogP contribution in [0.1, 0.15) is 36.7 Å². The van der Waals surface area contributed by atoms with Gasteiger partial charge in [-0.1, -0.05) is 19.1 Å². The molecule has 0 amide bonds. The Kier molecular flexibility index (Phi) is 6.91. The maximum absolute atomic E-state index is 11.3. The predicted molar refractivity (Wildman–Crippen MR) is 101 cm³/mol. The lowest BCUT2D eigenvalue weighted by molar-refractivity contribution is -0.141. The van der Waals surface area contributed by atoms with E-state index in [1.54, 1.807) is 13.2 Å². The van der Waals surface area contributed by atoms with Crippen LogP contribution in [0.15, 0.2) is 17.4 Å². The molecule has 0 bridgehead atoms. The van der Waals surface area contributed by atoms with E-state index in [4.69, 9.17) is 0 Å². The standard InChI is InChI=1S/C17H28N8O2/c1-12(2)16-13(9-24(5)21-16)8-23(4)17(18-3)19-7-14-10-25(22-20-14)11-15(26)27-6/h9-10,12H,7-8,11H2,1-6H3,(H,18,19). The molecule has 10 heteroatoms. The number of hydrogen-bond acceptors (Lipinski definition) is 6. The first-order valence-corrected chi connectivity index (χ1v) is 8.74. The number of nitrogens with one attached hydrogen (secondary N) is 1. The molecule has 2 aromatic heterocycles. The van der Waals surface area contributed by atoms with Crippen molar-refractivity contribution in [3.8, 4) is 0 Å². The number of ether oxygens (including phenoxy) is 1. The van der Waals surface area contributed by atoms with Crippen LogP contribution in [0.2, 0.25) is 0 Å². The largest absolute Gasteiger partial charge is 0.468 e. The molecule has 0 atom stereocenters. The van der Waals surface area contributed by atoms with Crippen molar-refractivity contribution in [2.24, 2.45) is 12.0 Å². The molecule has 1 N–H and O–H groups in total. The second-order valence-electron chi connectivity index (χ2n) is 6.61. The van der Waals surface area contributed by atoms with Crippen LogP contribution in [0.3, 0.4) is 0 Å². The monoisotopic (exact) mass is 376 g/mol. The zero-order chi connectivity index (χ0) is 20.0. The smallest absolute Gasteiger partial charge is 0.327 e. The Morgan fingerprint density at radius 1 is 1.41 bits per heavy atom. The molecule has 0 fully saturated rings. The molecule has 0 aliphatic rings. The topological polar surface area (TPSA) is 102 Å². The van der Waals surface area contributed by atoms with Crippen molar-refractivity contribution in [2.75, 3.05) is 21.2 Å². The highest BCUT2D eigenvalue weighted by atomic mass is 16.5. The Bertz CT molecular complexity index is 793. The van der Waals surface area contributed by atoms with E-state index in [2.05, 4.69) is 44.3 Å². The fourth-order valence-corrected chi connectivity index (χ4v) is 2.74. The Labute approximate surface area is 159 Å². The van der Waals surface area contributed by atoms with E-state index in [1.165, 1.54) is 17.4 Å². The minimum absolute atomic E-state index is 0.0388. The second-order valence-corrected chi connectivity index (χ2v) is 6.61. The van der Waals surface area contributed by atoms with Crippen LogP contribution in [0.5, 0.6) is 0 Å². The number of aromatic nitrogens is 5. The van der Waals surface area contributed by atoms with Gasteiger partial charge in [0.25, 0.3) is 0 Å². The summed E-state index contributed by atoms with van der Waals surface area (Å²) in [5.74, 6) is 0.720. The molecule has 0 unspecified atom stereocenters. The highest BCUT2D eigenvalue weighted by Crippen LogP contribution is 2.18. The van der Waals surface area contributed by atoms with E-state index in [9.17, 15) is 4.79 Å². The molecule has 0 aromatic carbocycles. The lowest BCUT2D eigenvalue weighted by Gasteiger charge is -2.22. The maximum Gasteiger partial charge on any atom is 0.327 e. The molecular formula is C17H28N8O2. The first kappa shape index (κ1) is 20.4. The van der Waals surface area contributed by atoms with Gasteiger partial charge in [-0.3, -0.25) is 14.5 Å². The minimum atomic E-state index is -0.368. The molecular weight excluding hydrogens is 348 g/mol. The zero-order valence-electron chi connectivity index (χ0n) is 16.8. The highest BCUT2D eigenvalue weighted by Gasteiger charge is 2.15. The van der Waals surface area contributed by atoms with Gasteiger partial charge in [-0.05, 0) is 5.92 Å². The summed E-state index contributed by atoms with van der Waals surface area (Å²) in [5, 5.41) is 15.8. The maximum atomic E-state index is 11.3. The molecule has 2 heterocycles. The SMILES string of the molecule is CN=C(NCc1cn(CC(=O)OC)nn1)N(C)Cc1cn(C)nc1C(C)C. The lowest BCUT2D eigenvalue weighted by atomic mass is 10.1. The van der Waals surface area contributed by atoms with E-state index >= 15 is 0 Å². The van der Waals surface area contributed by atoms with Gasteiger partial charge in [0.15, 0.2) is 5.96 Å². The number of aryl methyl sites for hydroxylation is 1. The molecule has 148 valence electrons. The van der Waals surface area contributed by atoms with Crippen molar-refractivity contribution in [2.45, 2.75) is 39.4 Å². The fraction of sp³-hybridized carbons (Fsp3) is 0.588. The quantitative estimate of drug-likeness (QED) is 0.427. The average Bonchev–Trinajstić information content (AvgIpc) is 3.21. The number of carbonyl (C=O) groups is 1. The first-order valence-electron chi connectivity index (χ1n) is 8.74. The summed E-state index contributed by atoms with van der Waals surface area (Å²) in [4.78, 5) is 17.6. The molecule has 0 spiro atoms. The van der Waals surface area contributed by atoms with Gasteiger partial charge in [-0.2, -0.15) is 5.10 Å². The number of nitrogens with zero attached hydrogens (tertiary/aromatic N) is 7. The van der Waals surface area contributed by atoms with Crippen LogP contribution < -0.4 is 5.32 Å². The normalized spacial score (nSPS) is 11.7. The number of guanidine groups is 1. The number of methoxy groups -OCH3 is 1. The van der Waals surface area contributed by atoms with E-state index in [0.717, 1.165) is 11.7 Å². The summed E-state index contributed by atoms with van der Waals surface area (Å²) in [5.41, 5.74) is 2.96. The second kappa shape index (κ2) is 9.15. The summed E-state index contributed by atoms with van der Waals surface area (Å²) < 4.78 is 7.91. The lowest BCUT2D eigenvalue weighted by Crippen LogP contribution is -2.38. The Morgan fingerprint density at radius 2 is 2.15 bits per heavy atom. The van der Waals surface area contributed by atoms with Crippen molar-refractivity contribution < 1.29 is 9.53 Å². The van der Waals surface area contributed by atoms with Crippen molar-refractivity contribution in [1.29, 1.82) is 0 Å². The van der Waals surface area contributed by atoms with Crippen LogP contribution in [-0.2, 0) is 36.2 Å². The molecule has 0 aliphatic carbocycles. The van der Waals surface area contributed by atoms with E-state index in [-0.39, 0.29) is 12.5 Å². The van der Waals surface area contributed by atoms with E-state index in [1.807, 2.05) is 29.9 Å². The van der Waals surface area contributed by atoms with Crippen LogP contribution in [-0.4, -0.2) is 62.8 Å². The number of rotatable bonds is 7. The molecule has 0 aliphatic heterocycles. The Hall–Kier alpha value is -2.91. The van der Waals surface area contributed by atoms with Crippen molar-refractivity contribution in [3.05, 3.63) is 29.3 Å². The van der Waals surface area contributed by atoms with Gasteiger partial charge in [-0.25, -0.2) is 4.68 Å². The molecule has 2 aromatic rings. The van der Waals surface area contributed by atoms with Gasteiger partial charge in [-0.15, -0.1) is 5.10 Å². The van der Waals surface area contributed by atoms with Gasteiger partial charge >= 0.3 is 5.97 Å². The van der Waals surface area contributed by atoms with Crippen LogP contribution in [0.25, 0.3) is 0 Å². The van der Waals surface area contributed by atoms with E-state index in [0.29, 0.717) is 24.7 Å². The van der Waals surface area contributed by atoms with Crippen LogP contribution in [0.4, 0.5) is 0 Å². The average molecular weight is 376 g/mol. The van der Waals surface area contributed by atoms with Crippen molar-refractivity contribution >= 4 is 11.9 Å². The minimum Gasteiger partial charge on any atom is -0.468 e.